The summed E-state index contributed by atoms with van der Waals surface area (Å²) < 4.78 is 3.85. The molecule has 154 valence electrons. The van der Waals surface area contributed by atoms with E-state index in [0.29, 0.717) is 12.1 Å². The van der Waals surface area contributed by atoms with Crippen LogP contribution in [-0.2, 0) is 6.54 Å². The highest BCUT2D eigenvalue weighted by Gasteiger charge is 2.11. The normalized spacial score (nSPS) is 10.4. The molecule has 0 fully saturated rings. The highest BCUT2D eigenvalue weighted by atomic mass is 16.1. The first kappa shape index (κ1) is 20.1. The van der Waals surface area contributed by atoms with Gasteiger partial charge in [-0.15, -0.1) is 10.2 Å². The molecule has 2 aromatic carbocycles. The van der Waals surface area contributed by atoms with Gasteiger partial charge in [-0.1, -0.05) is 30.0 Å². The summed E-state index contributed by atoms with van der Waals surface area (Å²) in [7, 11) is 0. The molecule has 7 nitrogen and oxygen atoms in total. The number of aromatic nitrogens is 5. The first-order chi connectivity index (χ1) is 15.2. The predicted octanol–water partition coefficient (Wildman–Crippen LogP) is 2.99. The maximum Gasteiger partial charge on any atom is 0.251 e. The SMILES string of the molecule is Cc1nncn1-c1ccc(C(=O)NCCCn2ccnc2)cc1C#Cc1ccccc1. The van der Waals surface area contributed by atoms with Crippen LogP contribution in [0.4, 0.5) is 0 Å². The fourth-order valence-corrected chi connectivity index (χ4v) is 3.16. The molecule has 31 heavy (non-hydrogen) atoms. The van der Waals surface area contributed by atoms with Crippen molar-refractivity contribution in [1.29, 1.82) is 0 Å². The van der Waals surface area contributed by atoms with Gasteiger partial charge in [-0.2, -0.15) is 0 Å². The van der Waals surface area contributed by atoms with E-state index in [-0.39, 0.29) is 5.91 Å². The van der Waals surface area contributed by atoms with Gasteiger partial charge in [0.2, 0.25) is 0 Å². The van der Waals surface area contributed by atoms with Crippen molar-refractivity contribution in [3.63, 3.8) is 0 Å². The lowest BCUT2D eigenvalue weighted by Gasteiger charge is -2.10. The average molecular weight is 410 g/mol. The molecule has 0 aliphatic carbocycles. The van der Waals surface area contributed by atoms with Gasteiger partial charge >= 0.3 is 0 Å². The molecule has 0 aliphatic rings. The van der Waals surface area contributed by atoms with E-state index >= 15 is 0 Å². The summed E-state index contributed by atoms with van der Waals surface area (Å²) in [5, 5.41) is 11.0. The molecule has 4 rings (SSSR count). The third-order valence-electron chi connectivity index (χ3n) is 4.79. The van der Waals surface area contributed by atoms with Crippen LogP contribution in [0.25, 0.3) is 5.69 Å². The molecule has 0 unspecified atom stereocenters. The molecule has 0 saturated heterocycles. The quantitative estimate of drug-likeness (QED) is 0.392. The molecule has 1 amide bonds. The van der Waals surface area contributed by atoms with Crippen molar-refractivity contribution in [2.45, 2.75) is 19.9 Å². The highest BCUT2D eigenvalue weighted by molar-refractivity contribution is 5.95. The van der Waals surface area contributed by atoms with E-state index in [4.69, 9.17) is 0 Å². The van der Waals surface area contributed by atoms with Crippen LogP contribution in [-0.4, -0.2) is 36.8 Å². The van der Waals surface area contributed by atoms with Crippen molar-refractivity contribution in [1.82, 2.24) is 29.6 Å². The van der Waals surface area contributed by atoms with Crippen LogP contribution in [0.3, 0.4) is 0 Å². The van der Waals surface area contributed by atoms with E-state index in [1.54, 1.807) is 24.9 Å². The van der Waals surface area contributed by atoms with Crippen LogP contribution in [0.15, 0.2) is 73.6 Å². The standard InChI is InChI=1S/C24H22N6O/c1-19-28-27-18-30(19)23-11-10-22(16-21(23)9-8-20-6-3-2-4-7-20)24(31)26-12-5-14-29-15-13-25-17-29/h2-4,6-7,10-11,13,15-18H,5,12,14H2,1H3,(H,26,31). The summed E-state index contributed by atoms with van der Waals surface area (Å²) in [5.41, 5.74) is 3.04. The van der Waals surface area contributed by atoms with Crippen LogP contribution in [0.1, 0.15) is 33.7 Å². The summed E-state index contributed by atoms with van der Waals surface area (Å²) >= 11 is 0. The van der Waals surface area contributed by atoms with Crippen molar-refractivity contribution < 1.29 is 4.79 Å². The second-order valence-corrected chi connectivity index (χ2v) is 7.01. The second-order valence-electron chi connectivity index (χ2n) is 7.01. The van der Waals surface area contributed by atoms with E-state index < -0.39 is 0 Å². The highest BCUT2D eigenvalue weighted by Crippen LogP contribution is 2.17. The van der Waals surface area contributed by atoms with Crippen LogP contribution < -0.4 is 5.32 Å². The van der Waals surface area contributed by atoms with E-state index in [0.717, 1.165) is 35.6 Å². The summed E-state index contributed by atoms with van der Waals surface area (Å²) in [4.78, 5) is 16.7. The first-order valence-electron chi connectivity index (χ1n) is 10.0. The number of rotatable bonds is 6. The van der Waals surface area contributed by atoms with Gasteiger partial charge in [0, 0.05) is 42.2 Å². The Balaban J connectivity index is 1.54. The number of carbonyl (C=O) groups is 1. The fourth-order valence-electron chi connectivity index (χ4n) is 3.16. The monoisotopic (exact) mass is 410 g/mol. The zero-order chi connectivity index (χ0) is 21.5. The van der Waals surface area contributed by atoms with Gasteiger partial charge in [0.1, 0.15) is 12.2 Å². The van der Waals surface area contributed by atoms with E-state index in [1.807, 2.05) is 64.7 Å². The number of benzene rings is 2. The van der Waals surface area contributed by atoms with Crippen LogP contribution in [0.2, 0.25) is 0 Å². The molecule has 0 saturated carbocycles. The number of aryl methyl sites for hydroxylation is 2. The topological polar surface area (TPSA) is 77.6 Å². The van der Waals surface area contributed by atoms with Crippen LogP contribution in [0, 0.1) is 18.8 Å². The Morgan fingerprint density at radius 3 is 2.71 bits per heavy atom. The predicted molar refractivity (Wildman–Crippen MR) is 118 cm³/mol. The lowest BCUT2D eigenvalue weighted by atomic mass is 10.1. The summed E-state index contributed by atoms with van der Waals surface area (Å²) in [5.74, 6) is 7.01. The number of imidazole rings is 1. The number of carbonyl (C=O) groups excluding carboxylic acids is 1. The Morgan fingerprint density at radius 2 is 1.97 bits per heavy atom. The van der Waals surface area contributed by atoms with E-state index in [1.165, 1.54) is 0 Å². The second kappa shape index (κ2) is 9.55. The van der Waals surface area contributed by atoms with Crippen LogP contribution >= 0.6 is 0 Å². The van der Waals surface area contributed by atoms with Gasteiger partial charge in [-0.05, 0) is 43.7 Å². The molecule has 0 atom stereocenters. The molecule has 0 aliphatic heterocycles. The Bertz CT molecular complexity index is 1220. The van der Waals surface area contributed by atoms with Crippen molar-refractivity contribution in [3.05, 3.63) is 96.1 Å². The van der Waals surface area contributed by atoms with Gasteiger partial charge in [-0.25, -0.2) is 4.98 Å². The Kier molecular flexibility index (Phi) is 6.19. The van der Waals surface area contributed by atoms with E-state index in [9.17, 15) is 4.79 Å². The minimum Gasteiger partial charge on any atom is -0.352 e. The van der Waals surface area contributed by atoms with Gasteiger partial charge in [0.15, 0.2) is 0 Å². The van der Waals surface area contributed by atoms with Crippen molar-refractivity contribution in [2.24, 2.45) is 0 Å². The molecule has 2 aromatic heterocycles. The maximum atomic E-state index is 12.7. The lowest BCUT2D eigenvalue weighted by molar-refractivity contribution is 0.0952. The molecule has 1 N–H and O–H groups in total. The largest absolute Gasteiger partial charge is 0.352 e. The third-order valence-corrected chi connectivity index (χ3v) is 4.79. The minimum absolute atomic E-state index is 0.125. The number of amides is 1. The molecule has 7 heteroatoms. The molecular formula is C24H22N6O. The van der Waals surface area contributed by atoms with Crippen LogP contribution in [0.5, 0.6) is 0 Å². The fraction of sp³-hybridized carbons (Fsp3) is 0.167. The van der Waals surface area contributed by atoms with Gasteiger partial charge < -0.3 is 9.88 Å². The Hall–Kier alpha value is -4.18. The summed E-state index contributed by atoms with van der Waals surface area (Å²) in [6, 6.07) is 15.2. The van der Waals surface area contributed by atoms with Crippen molar-refractivity contribution in [2.75, 3.05) is 6.54 Å². The van der Waals surface area contributed by atoms with Gasteiger partial charge in [-0.3, -0.25) is 9.36 Å². The van der Waals surface area contributed by atoms with Crippen molar-refractivity contribution in [3.8, 4) is 17.5 Å². The number of hydrogen-bond donors (Lipinski definition) is 1. The molecule has 0 spiro atoms. The molecule has 0 bridgehead atoms. The van der Waals surface area contributed by atoms with Gasteiger partial charge in [0.05, 0.1) is 12.0 Å². The zero-order valence-corrected chi connectivity index (χ0v) is 17.2. The summed E-state index contributed by atoms with van der Waals surface area (Å²) in [6.07, 6.45) is 7.89. The first-order valence-corrected chi connectivity index (χ1v) is 10.0. The van der Waals surface area contributed by atoms with E-state index in [2.05, 4.69) is 32.3 Å². The van der Waals surface area contributed by atoms with Crippen molar-refractivity contribution >= 4 is 5.91 Å². The number of nitrogens with zero attached hydrogens (tertiary/aromatic N) is 5. The molecular weight excluding hydrogens is 388 g/mol. The Morgan fingerprint density at radius 1 is 1.10 bits per heavy atom. The third kappa shape index (κ3) is 5.06. The smallest absolute Gasteiger partial charge is 0.251 e. The Labute approximate surface area is 180 Å². The minimum atomic E-state index is -0.125. The number of hydrogen-bond acceptors (Lipinski definition) is 4. The maximum absolute atomic E-state index is 12.7. The van der Waals surface area contributed by atoms with Gasteiger partial charge in [0.25, 0.3) is 5.91 Å². The average Bonchev–Trinajstić information content (AvgIpc) is 3.47. The summed E-state index contributed by atoms with van der Waals surface area (Å²) in [6.45, 7) is 3.26. The zero-order valence-electron chi connectivity index (χ0n) is 17.2. The molecule has 4 aromatic rings. The molecule has 0 radical (unpaired) electrons. The number of nitrogens with one attached hydrogen (secondary N) is 1. The lowest BCUT2D eigenvalue weighted by Crippen LogP contribution is -2.25. The molecule has 2 heterocycles.